The first-order valence-corrected chi connectivity index (χ1v) is 12.1. The van der Waals surface area contributed by atoms with Gasteiger partial charge in [0.25, 0.3) is 0 Å². The van der Waals surface area contributed by atoms with Gasteiger partial charge in [0.15, 0.2) is 0 Å². The lowest BCUT2D eigenvalue weighted by Gasteiger charge is -2.27. The van der Waals surface area contributed by atoms with E-state index < -0.39 is 17.1 Å². The quantitative estimate of drug-likeness (QED) is 0.450. The zero-order chi connectivity index (χ0) is 27.0. The molecule has 1 aliphatic rings. The number of ether oxygens (including phenoxy) is 2. The van der Waals surface area contributed by atoms with E-state index in [0.29, 0.717) is 46.8 Å². The Hall–Kier alpha value is -3.74. The fourth-order valence-corrected chi connectivity index (χ4v) is 4.54. The fourth-order valence-electron chi connectivity index (χ4n) is 4.38. The molecule has 192 valence electrons. The molecular weight excluding hydrogens is 492 g/mol. The Morgan fingerprint density at radius 2 is 2.05 bits per heavy atom. The summed E-state index contributed by atoms with van der Waals surface area (Å²) in [6.07, 6.45) is 2.71. The zero-order valence-corrected chi connectivity index (χ0v) is 22.5. The van der Waals surface area contributed by atoms with Gasteiger partial charge >= 0.3 is 6.09 Å². The minimum Gasteiger partial charge on any atom is -0.443 e. The predicted octanol–water partition coefficient (Wildman–Crippen LogP) is 5.77. The standard InChI is InChI=1S/C27H29ClN6O3/c1-16-22(11-19(28)13-31-16)33-24-30-8-7-21(32-24)17-9-18(12-29)23-20(10-17)27(5,15-36-6)14-34(23)25(35)37-26(2,3)4/h7-11,13H,14-15H2,1-6H3,(H,30,32,33). The minimum atomic E-state index is -0.675. The average Bonchev–Trinajstić information content (AvgIpc) is 3.13. The lowest BCUT2D eigenvalue weighted by atomic mass is 9.83. The van der Waals surface area contributed by atoms with Crippen LogP contribution in [0.2, 0.25) is 5.02 Å². The smallest absolute Gasteiger partial charge is 0.414 e. The number of nitrogens with zero attached hydrogens (tertiary/aromatic N) is 5. The first-order chi connectivity index (χ1) is 17.4. The van der Waals surface area contributed by atoms with Crippen molar-refractivity contribution in [2.24, 2.45) is 0 Å². The van der Waals surface area contributed by atoms with Gasteiger partial charge in [-0.2, -0.15) is 5.26 Å². The molecule has 1 atom stereocenters. The van der Waals surface area contributed by atoms with Crippen LogP contribution >= 0.6 is 11.6 Å². The summed E-state index contributed by atoms with van der Waals surface area (Å²) in [5.74, 6) is 0.360. The molecule has 1 N–H and O–H groups in total. The molecular formula is C27H29ClN6O3. The summed E-state index contributed by atoms with van der Waals surface area (Å²) in [5.41, 5.74) is 3.24. The number of benzene rings is 1. The van der Waals surface area contributed by atoms with Crippen molar-refractivity contribution < 1.29 is 14.3 Å². The van der Waals surface area contributed by atoms with E-state index in [2.05, 4.69) is 26.3 Å². The SMILES string of the molecule is COCC1(C)CN(C(=O)OC(C)(C)C)c2c(C#N)cc(-c3ccnc(Nc4cc(Cl)cnc4C)n3)cc21. The molecule has 0 saturated carbocycles. The number of nitriles is 1. The fraction of sp³-hybridized carbons (Fsp3) is 0.370. The van der Waals surface area contributed by atoms with Gasteiger partial charge in [0.2, 0.25) is 5.95 Å². The monoisotopic (exact) mass is 520 g/mol. The third kappa shape index (κ3) is 5.50. The van der Waals surface area contributed by atoms with E-state index >= 15 is 0 Å². The molecule has 0 aliphatic carbocycles. The Balaban J connectivity index is 1.78. The van der Waals surface area contributed by atoms with Crippen LogP contribution in [0, 0.1) is 18.3 Å². The highest BCUT2D eigenvalue weighted by molar-refractivity contribution is 6.30. The van der Waals surface area contributed by atoms with Crippen molar-refractivity contribution in [3.63, 3.8) is 0 Å². The molecule has 0 spiro atoms. The van der Waals surface area contributed by atoms with E-state index in [0.717, 1.165) is 16.8 Å². The third-order valence-corrected chi connectivity index (χ3v) is 6.19. The third-order valence-electron chi connectivity index (χ3n) is 5.99. The molecule has 9 nitrogen and oxygen atoms in total. The van der Waals surface area contributed by atoms with Crippen LogP contribution in [0.15, 0.2) is 36.7 Å². The van der Waals surface area contributed by atoms with Gasteiger partial charge in [-0.05, 0) is 57.5 Å². The second kappa shape index (κ2) is 9.96. The van der Waals surface area contributed by atoms with Crippen molar-refractivity contribution in [2.45, 2.75) is 45.6 Å². The summed E-state index contributed by atoms with van der Waals surface area (Å²) in [7, 11) is 1.62. The molecule has 10 heteroatoms. The van der Waals surface area contributed by atoms with E-state index in [4.69, 9.17) is 21.1 Å². The number of amides is 1. The van der Waals surface area contributed by atoms with Crippen molar-refractivity contribution in [3.8, 4) is 17.3 Å². The molecule has 0 saturated heterocycles. The summed E-state index contributed by atoms with van der Waals surface area (Å²) in [6.45, 7) is 9.97. The molecule has 3 aromatic rings. The van der Waals surface area contributed by atoms with Crippen molar-refractivity contribution >= 4 is 35.0 Å². The van der Waals surface area contributed by atoms with Gasteiger partial charge in [0.05, 0.1) is 40.0 Å². The number of pyridine rings is 1. The normalized spacial score (nSPS) is 16.8. The largest absolute Gasteiger partial charge is 0.443 e. The highest BCUT2D eigenvalue weighted by Gasteiger charge is 2.44. The molecule has 3 heterocycles. The van der Waals surface area contributed by atoms with Crippen LogP contribution in [-0.4, -0.2) is 46.9 Å². The summed E-state index contributed by atoms with van der Waals surface area (Å²) in [4.78, 5) is 27.9. The lowest BCUT2D eigenvalue weighted by Crippen LogP contribution is -2.40. The number of hydrogen-bond donors (Lipinski definition) is 1. The number of rotatable bonds is 5. The maximum Gasteiger partial charge on any atom is 0.414 e. The lowest BCUT2D eigenvalue weighted by molar-refractivity contribution is 0.0571. The van der Waals surface area contributed by atoms with Crippen LogP contribution in [0.1, 0.15) is 44.5 Å². The van der Waals surface area contributed by atoms with Gasteiger partial charge in [0, 0.05) is 37.0 Å². The molecule has 2 aromatic heterocycles. The highest BCUT2D eigenvalue weighted by Crippen LogP contribution is 2.45. The Morgan fingerprint density at radius 3 is 2.73 bits per heavy atom. The second-order valence-electron chi connectivity index (χ2n) is 10.3. The number of methoxy groups -OCH3 is 1. The summed E-state index contributed by atoms with van der Waals surface area (Å²) < 4.78 is 11.2. The Bertz CT molecular complexity index is 1400. The van der Waals surface area contributed by atoms with Crippen molar-refractivity contribution in [1.82, 2.24) is 15.0 Å². The molecule has 1 aliphatic heterocycles. The molecule has 1 aromatic carbocycles. The van der Waals surface area contributed by atoms with E-state index in [1.165, 1.54) is 4.90 Å². The van der Waals surface area contributed by atoms with Gasteiger partial charge < -0.3 is 14.8 Å². The molecule has 37 heavy (non-hydrogen) atoms. The Kier molecular flexibility index (Phi) is 7.09. The first kappa shape index (κ1) is 26.3. The average molecular weight is 521 g/mol. The van der Waals surface area contributed by atoms with Crippen LogP contribution in [0.25, 0.3) is 11.3 Å². The number of aryl methyl sites for hydroxylation is 1. The molecule has 0 fully saturated rings. The first-order valence-electron chi connectivity index (χ1n) is 11.7. The number of carbonyl (C=O) groups excluding carboxylic acids is 1. The van der Waals surface area contributed by atoms with E-state index in [-0.39, 0.29) is 0 Å². The van der Waals surface area contributed by atoms with Gasteiger partial charge in [-0.25, -0.2) is 14.8 Å². The number of halogens is 1. The number of nitrogens with one attached hydrogen (secondary N) is 1. The van der Waals surface area contributed by atoms with E-state index in [1.54, 1.807) is 37.7 Å². The zero-order valence-electron chi connectivity index (χ0n) is 21.7. The van der Waals surface area contributed by atoms with Crippen molar-refractivity contribution in [2.75, 3.05) is 30.5 Å². The summed E-state index contributed by atoms with van der Waals surface area (Å²) in [5, 5.41) is 13.7. The van der Waals surface area contributed by atoms with Gasteiger partial charge in [-0.15, -0.1) is 0 Å². The summed E-state index contributed by atoms with van der Waals surface area (Å²) in [6, 6.07) is 9.47. The number of fused-ring (bicyclic) bond motifs is 1. The number of anilines is 3. The van der Waals surface area contributed by atoms with Crippen LogP contribution in [0.4, 0.5) is 22.1 Å². The molecule has 1 amide bonds. The van der Waals surface area contributed by atoms with Crippen molar-refractivity contribution in [3.05, 3.63) is 58.5 Å². The van der Waals surface area contributed by atoms with E-state index in [9.17, 15) is 10.1 Å². The molecule has 4 rings (SSSR count). The molecule has 0 bridgehead atoms. The predicted molar refractivity (Wildman–Crippen MR) is 142 cm³/mol. The number of aromatic nitrogens is 3. The van der Waals surface area contributed by atoms with E-state index in [1.807, 2.05) is 40.7 Å². The second-order valence-corrected chi connectivity index (χ2v) is 10.7. The minimum absolute atomic E-state index is 0.320. The number of hydrogen-bond acceptors (Lipinski definition) is 8. The van der Waals surface area contributed by atoms with Gasteiger partial charge in [-0.3, -0.25) is 9.88 Å². The van der Waals surface area contributed by atoms with Crippen LogP contribution in [0.3, 0.4) is 0 Å². The van der Waals surface area contributed by atoms with Crippen LogP contribution in [-0.2, 0) is 14.9 Å². The topological polar surface area (TPSA) is 113 Å². The molecule has 1 unspecified atom stereocenters. The molecule has 0 radical (unpaired) electrons. The van der Waals surface area contributed by atoms with Crippen LogP contribution in [0.5, 0.6) is 0 Å². The Morgan fingerprint density at radius 1 is 1.30 bits per heavy atom. The maximum absolute atomic E-state index is 13.1. The van der Waals surface area contributed by atoms with Crippen molar-refractivity contribution in [1.29, 1.82) is 5.26 Å². The van der Waals surface area contributed by atoms with Crippen LogP contribution < -0.4 is 10.2 Å². The van der Waals surface area contributed by atoms with Gasteiger partial charge in [0.1, 0.15) is 11.7 Å². The van der Waals surface area contributed by atoms with Gasteiger partial charge in [-0.1, -0.05) is 18.5 Å². The number of carbonyl (C=O) groups is 1. The Labute approximate surface area is 221 Å². The summed E-state index contributed by atoms with van der Waals surface area (Å²) >= 11 is 6.10. The highest BCUT2D eigenvalue weighted by atomic mass is 35.5. The maximum atomic E-state index is 13.1.